The van der Waals surface area contributed by atoms with Gasteiger partial charge in [0.05, 0.1) is 6.10 Å². The van der Waals surface area contributed by atoms with Crippen LogP contribution in [0.3, 0.4) is 0 Å². The van der Waals surface area contributed by atoms with Crippen LogP contribution in [0.5, 0.6) is 5.75 Å². The van der Waals surface area contributed by atoms with Gasteiger partial charge in [-0.15, -0.1) is 0 Å². The van der Waals surface area contributed by atoms with E-state index in [-0.39, 0.29) is 11.6 Å². The van der Waals surface area contributed by atoms with E-state index in [9.17, 15) is 0 Å². The molecule has 0 aromatic heterocycles. The SMILES string of the molecule is CC(C)Oc1cccc(CC2(C(C)C)CCCN2)c1. The third-order valence-corrected chi connectivity index (χ3v) is 4.17. The van der Waals surface area contributed by atoms with E-state index in [0.29, 0.717) is 5.92 Å². The Bertz CT molecular complexity index is 405. The van der Waals surface area contributed by atoms with Gasteiger partial charge in [0.2, 0.25) is 0 Å². The Hall–Kier alpha value is -1.02. The Kier molecular flexibility index (Phi) is 4.51. The largest absolute Gasteiger partial charge is 0.491 e. The van der Waals surface area contributed by atoms with Crippen LogP contribution in [-0.4, -0.2) is 18.2 Å². The van der Waals surface area contributed by atoms with Crippen molar-refractivity contribution in [2.24, 2.45) is 5.92 Å². The molecule has 0 bridgehead atoms. The predicted octanol–water partition coefficient (Wildman–Crippen LogP) is 3.79. The summed E-state index contributed by atoms with van der Waals surface area (Å²) in [6, 6.07) is 8.57. The van der Waals surface area contributed by atoms with Gasteiger partial charge in [0.15, 0.2) is 0 Å². The van der Waals surface area contributed by atoms with Crippen molar-refractivity contribution < 1.29 is 4.74 Å². The van der Waals surface area contributed by atoms with E-state index in [1.807, 2.05) is 6.07 Å². The third kappa shape index (κ3) is 3.50. The van der Waals surface area contributed by atoms with E-state index < -0.39 is 0 Å². The number of benzene rings is 1. The van der Waals surface area contributed by atoms with E-state index in [4.69, 9.17) is 4.74 Å². The maximum absolute atomic E-state index is 5.79. The van der Waals surface area contributed by atoms with E-state index >= 15 is 0 Å². The summed E-state index contributed by atoms with van der Waals surface area (Å²) in [6.07, 6.45) is 3.90. The molecule has 1 aliphatic heterocycles. The first kappa shape index (κ1) is 14.4. The van der Waals surface area contributed by atoms with Crippen LogP contribution in [0, 0.1) is 5.92 Å². The van der Waals surface area contributed by atoms with Crippen LogP contribution in [0.2, 0.25) is 0 Å². The van der Waals surface area contributed by atoms with Crippen LogP contribution in [-0.2, 0) is 6.42 Å². The Morgan fingerprint density at radius 2 is 2.05 bits per heavy atom. The first-order valence-electron chi connectivity index (χ1n) is 7.52. The molecular formula is C17H27NO. The lowest BCUT2D eigenvalue weighted by Gasteiger charge is -2.34. The van der Waals surface area contributed by atoms with Crippen LogP contribution in [0.15, 0.2) is 24.3 Å². The maximum atomic E-state index is 5.79. The maximum Gasteiger partial charge on any atom is 0.119 e. The predicted molar refractivity (Wildman–Crippen MR) is 80.7 cm³/mol. The normalized spacial score (nSPS) is 23.3. The highest BCUT2D eigenvalue weighted by molar-refractivity contribution is 5.30. The van der Waals surface area contributed by atoms with Gasteiger partial charge in [-0.2, -0.15) is 0 Å². The molecule has 0 spiro atoms. The van der Waals surface area contributed by atoms with Crippen LogP contribution < -0.4 is 10.1 Å². The molecule has 0 aliphatic carbocycles. The molecule has 0 saturated carbocycles. The highest BCUT2D eigenvalue weighted by Crippen LogP contribution is 2.32. The molecular weight excluding hydrogens is 234 g/mol. The zero-order valence-electron chi connectivity index (χ0n) is 12.7. The molecule has 1 unspecified atom stereocenters. The Morgan fingerprint density at radius 3 is 2.63 bits per heavy atom. The average molecular weight is 261 g/mol. The highest BCUT2D eigenvalue weighted by atomic mass is 16.5. The van der Waals surface area contributed by atoms with Crippen molar-refractivity contribution in [2.45, 2.75) is 58.6 Å². The minimum atomic E-state index is 0.235. The molecule has 1 heterocycles. The molecule has 1 aromatic rings. The molecule has 1 saturated heterocycles. The molecule has 19 heavy (non-hydrogen) atoms. The molecule has 0 amide bonds. The molecule has 2 nitrogen and oxygen atoms in total. The molecule has 0 radical (unpaired) electrons. The van der Waals surface area contributed by atoms with Gasteiger partial charge in [0.25, 0.3) is 0 Å². The van der Waals surface area contributed by atoms with Crippen LogP contribution in [0.25, 0.3) is 0 Å². The molecule has 2 heteroatoms. The number of nitrogens with one attached hydrogen (secondary N) is 1. The van der Waals surface area contributed by atoms with Crippen LogP contribution >= 0.6 is 0 Å². The fourth-order valence-electron chi connectivity index (χ4n) is 3.04. The molecule has 1 aromatic carbocycles. The fourth-order valence-corrected chi connectivity index (χ4v) is 3.04. The van der Waals surface area contributed by atoms with Crippen molar-refractivity contribution in [2.75, 3.05) is 6.54 Å². The van der Waals surface area contributed by atoms with Crippen molar-refractivity contribution in [3.05, 3.63) is 29.8 Å². The molecule has 1 fully saturated rings. The Labute approximate surface area is 117 Å². The highest BCUT2D eigenvalue weighted by Gasteiger charge is 2.36. The summed E-state index contributed by atoms with van der Waals surface area (Å²) in [6.45, 7) is 9.95. The number of rotatable bonds is 5. The summed E-state index contributed by atoms with van der Waals surface area (Å²) in [7, 11) is 0. The summed E-state index contributed by atoms with van der Waals surface area (Å²) < 4.78 is 5.79. The standard InChI is InChI=1S/C17H27NO/c1-13(2)17(9-6-10-18-17)12-15-7-5-8-16(11-15)19-14(3)4/h5,7-8,11,13-14,18H,6,9-10,12H2,1-4H3. The second-order valence-corrected chi connectivity index (χ2v) is 6.33. The van der Waals surface area contributed by atoms with Gasteiger partial charge >= 0.3 is 0 Å². The zero-order valence-corrected chi connectivity index (χ0v) is 12.7. The van der Waals surface area contributed by atoms with E-state index in [1.54, 1.807) is 0 Å². The lowest BCUT2D eigenvalue weighted by atomic mass is 9.80. The van der Waals surface area contributed by atoms with Crippen molar-refractivity contribution >= 4 is 0 Å². The topological polar surface area (TPSA) is 21.3 Å². The first-order chi connectivity index (χ1) is 9.02. The smallest absolute Gasteiger partial charge is 0.119 e. The van der Waals surface area contributed by atoms with Crippen molar-refractivity contribution in [1.29, 1.82) is 0 Å². The number of hydrogen-bond acceptors (Lipinski definition) is 2. The monoisotopic (exact) mass is 261 g/mol. The Morgan fingerprint density at radius 1 is 1.26 bits per heavy atom. The van der Waals surface area contributed by atoms with E-state index in [2.05, 4.69) is 51.2 Å². The van der Waals surface area contributed by atoms with Crippen molar-refractivity contribution in [3.8, 4) is 5.75 Å². The minimum Gasteiger partial charge on any atom is -0.491 e. The quantitative estimate of drug-likeness (QED) is 0.870. The average Bonchev–Trinajstić information content (AvgIpc) is 2.78. The second kappa shape index (κ2) is 5.96. The fraction of sp³-hybridized carbons (Fsp3) is 0.647. The summed E-state index contributed by atoms with van der Waals surface area (Å²) in [4.78, 5) is 0. The minimum absolute atomic E-state index is 0.235. The summed E-state index contributed by atoms with van der Waals surface area (Å²) in [5.41, 5.74) is 1.65. The third-order valence-electron chi connectivity index (χ3n) is 4.17. The van der Waals surface area contributed by atoms with Gasteiger partial charge in [-0.05, 0) is 63.3 Å². The lowest BCUT2D eigenvalue weighted by molar-refractivity contribution is 0.241. The zero-order chi connectivity index (χ0) is 13.9. The van der Waals surface area contributed by atoms with Gasteiger partial charge < -0.3 is 10.1 Å². The molecule has 2 rings (SSSR count). The number of hydrogen-bond donors (Lipinski definition) is 1. The summed E-state index contributed by atoms with van der Waals surface area (Å²) >= 11 is 0. The summed E-state index contributed by atoms with van der Waals surface area (Å²) in [5.74, 6) is 1.65. The van der Waals surface area contributed by atoms with Crippen LogP contribution in [0.4, 0.5) is 0 Å². The second-order valence-electron chi connectivity index (χ2n) is 6.33. The van der Waals surface area contributed by atoms with Crippen molar-refractivity contribution in [1.82, 2.24) is 5.32 Å². The van der Waals surface area contributed by atoms with E-state index in [0.717, 1.165) is 18.7 Å². The molecule has 106 valence electrons. The van der Waals surface area contributed by atoms with Gasteiger partial charge in [0, 0.05) is 5.54 Å². The summed E-state index contributed by atoms with van der Waals surface area (Å²) in [5, 5.41) is 3.74. The first-order valence-corrected chi connectivity index (χ1v) is 7.52. The van der Waals surface area contributed by atoms with Gasteiger partial charge in [-0.1, -0.05) is 26.0 Å². The van der Waals surface area contributed by atoms with Crippen LogP contribution in [0.1, 0.15) is 46.1 Å². The number of ether oxygens (including phenoxy) is 1. The van der Waals surface area contributed by atoms with Crippen molar-refractivity contribution in [3.63, 3.8) is 0 Å². The van der Waals surface area contributed by atoms with E-state index in [1.165, 1.54) is 18.4 Å². The lowest BCUT2D eigenvalue weighted by Crippen LogP contribution is -2.46. The molecule has 1 N–H and O–H groups in total. The van der Waals surface area contributed by atoms with Gasteiger partial charge in [-0.25, -0.2) is 0 Å². The molecule has 1 atom stereocenters. The Balaban J connectivity index is 2.13. The molecule has 1 aliphatic rings. The van der Waals surface area contributed by atoms with Gasteiger partial charge in [-0.3, -0.25) is 0 Å². The van der Waals surface area contributed by atoms with Gasteiger partial charge in [0.1, 0.15) is 5.75 Å².